The molecule has 1 saturated heterocycles. The third kappa shape index (κ3) is 3.58. The highest BCUT2D eigenvalue weighted by molar-refractivity contribution is 4.82. The van der Waals surface area contributed by atoms with Crippen LogP contribution in [-0.2, 0) is 0 Å². The number of likely N-dealkylation sites (tertiary alicyclic amines) is 1. The number of piperidine rings is 1. The van der Waals surface area contributed by atoms with Crippen molar-refractivity contribution in [1.82, 2.24) is 4.90 Å². The molecule has 0 aromatic rings. The summed E-state index contributed by atoms with van der Waals surface area (Å²) in [5.74, 6) is 0. The molecule has 0 spiro atoms. The second kappa shape index (κ2) is 4.63. The number of aliphatic hydroxyl groups excluding tert-OH is 1. The van der Waals surface area contributed by atoms with Crippen LogP contribution in [0.15, 0.2) is 0 Å². The summed E-state index contributed by atoms with van der Waals surface area (Å²) in [5.41, 5.74) is 0.463. The molecular weight excluding hydrogens is 174 g/mol. The van der Waals surface area contributed by atoms with Gasteiger partial charge in [-0.3, -0.25) is 0 Å². The first kappa shape index (κ1) is 12.0. The fourth-order valence-corrected chi connectivity index (χ4v) is 2.49. The average Bonchev–Trinajstić information content (AvgIpc) is 2.01. The van der Waals surface area contributed by atoms with E-state index in [4.69, 9.17) is 0 Å². The smallest absolute Gasteiger partial charge is 0.0526 e. The third-order valence-corrected chi connectivity index (χ3v) is 3.24. The molecule has 0 amide bonds. The lowest BCUT2D eigenvalue weighted by Gasteiger charge is -2.41. The summed E-state index contributed by atoms with van der Waals surface area (Å²) in [6.45, 7) is 11.2. The standard InChI is InChI=1S/C12H25NO/c1-10(8-11(2)14)13-7-5-6-12(3,4)9-13/h10-11,14H,5-9H2,1-4H3. The van der Waals surface area contributed by atoms with Crippen molar-refractivity contribution in [2.75, 3.05) is 13.1 Å². The van der Waals surface area contributed by atoms with E-state index in [1.165, 1.54) is 25.9 Å². The van der Waals surface area contributed by atoms with Gasteiger partial charge in [0.15, 0.2) is 0 Å². The zero-order valence-corrected chi connectivity index (χ0v) is 10.1. The lowest BCUT2D eigenvalue weighted by molar-refractivity contribution is 0.0581. The van der Waals surface area contributed by atoms with Crippen molar-refractivity contribution in [2.45, 2.75) is 59.1 Å². The predicted octanol–water partition coefficient (Wildman–Crippen LogP) is 2.27. The molecule has 2 atom stereocenters. The maximum atomic E-state index is 9.36. The Morgan fingerprint density at radius 1 is 1.36 bits per heavy atom. The number of hydrogen-bond acceptors (Lipinski definition) is 2. The third-order valence-electron chi connectivity index (χ3n) is 3.24. The second-order valence-electron chi connectivity index (χ2n) is 5.67. The fraction of sp³-hybridized carbons (Fsp3) is 1.00. The number of aliphatic hydroxyl groups is 1. The summed E-state index contributed by atoms with van der Waals surface area (Å²) in [5, 5.41) is 9.36. The van der Waals surface area contributed by atoms with Gasteiger partial charge in [0.25, 0.3) is 0 Å². The highest BCUT2D eigenvalue weighted by Crippen LogP contribution is 2.29. The monoisotopic (exact) mass is 199 g/mol. The first-order chi connectivity index (χ1) is 6.41. The van der Waals surface area contributed by atoms with Crippen molar-refractivity contribution in [3.8, 4) is 0 Å². The van der Waals surface area contributed by atoms with E-state index in [0.717, 1.165) is 6.42 Å². The Morgan fingerprint density at radius 2 is 2.00 bits per heavy atom. The molecule has 1 fully saturated rings. The molecule has 0 bridgehead atoms. The van der Waals surface area contributed by atoms with Crippen molar-refractivity contribution in [1.29, 1.82) is 0 Å². The molecule has 1 aliphatic heterocycles. The SMILES string of the molecule is CC(O)CC(C)N1CCCC(C)(C)C1. The second-order valence-corrected chi connectivity index (χ2v) is 5.67. The van der Waals surface area contributed by atoms with Crippen molar-refractivity contribution in [3.05, 3.63) is 0 Å². The Kier molecular flexibility index (Phi) is 3.96. The molecule has 84 valence electrons. The first-order valence-corrected chi connectivity index (χ1v) is 5.83. The molecule has 1 heterocycles. The summed E-state index contributed by atoms with van der Waals surface area (Å²) in [4.78, 5) is 2.52. The van der Waals surface area contributed by atoms with Crippen LogP contribution in [0, 0.1) is 5.41 Å². The van der Waals surface area contributed by atoms with Crippen molar-refractivity contribution < 1.29 is 5.11 Å². The molecule has 2 nitrogen and oxygen atoms in total. The molecule has 2 heteroatoms. The summed E-state index contributed by atoms with van der Waals surface area (Å²) >= 11 is 0. The molecule has 0 aromatic carbocycles. The normalized spacial score (nSPS) is 27.2. The zero-order valence-electron chi connectivity index (χ0n) is 10.1. The average molecular weight is 199 g/mol. The minimum absolute atomic E-state index is 0.171. The maximum absolute atomic E-state index is 9.36. The molecule has 0 saturated carbocycles. The number of nitrogens with zero attached hydrogens (tertiary/aromatic N) is 1. The zero-order chi connectivity index (χ0) is 10.8. The van der Waals surface area contributed by atoms with Gasteiger partial charge in [0.2, 0.25) is 0 Å². The Labute approximate surface area is 88.3 Å². The van der Waals surface area contributed by atoms with Gasteiger partial charge in [-0.15, -0.1) is 0 Å². The van der Waals surface area contributed by atoms with Crippen LogP contribution >= 0.6 is 0 Å². The highest BCUT2D eigenvalue weighted by atomic mass is 16.3. The van der Waals surface area contributed by atoms with E-state index in [2.05, 4.69) is 25.7 Å². The lowest BCUT2D eigenvalue weighted by Crippen LogP contribution is -2.45. The Bertz CT molecular complexity index is 177. The number of rotatable bonds is 3. The Morgan fingerprint density at radius 3 is 2.50 bits per heavy atom. The van der Waals surface area contributed by atoms with Gasteiger partial charge in [0.05, 0.1) is 6.10 Å². The van der Waals surface area contributed by atoms with E-state index >= 15 is 0 Å². The minimum atomic E-state index is -0.171. The highest BCUT2D eigenvalue weighted by Gasteiger charge is 2.28. The van der Waals surface area contributed by atoms with Crippen LogP contribution in [0.2, 0.25) is 0 Å². The summed E-state index contributed by atoms with van der Waals surface area (Å²) in [6.07, 6.45) is 3.37. The fourth-order valence-electron chi connectivity index (χ4n) is 2.49. The van der Waals surface area contributed by atoms with Crippen LogP contribution in [0.1, 0.15) is 47.0 Å². The first-order valence-electron chi connectivity index (χ1n) is 5.83. The van der Waals surface area contributed by atoms with Gasteiger partial charge in [-0.2, -0.15) is 0 Å². The van der Waals surface area contributed by atoms with Crippen molar-refractivity contribution in [2.24, 2.45) is 5.41 Å². The molecule has 14 heavy (non-hydrogen) atoms. The molecule has 0 aromatic heterocycles. The number of hydrogen-bond donors (Lipinski definition) is 1. The van der Waals surface area contributed by atoms with Gasteiger partial charge >= 0.3 is 0 Å². The van der Waals surface area contributed by atoms with E-state index in [0.29, 0.717) is 11.5 Å². The van der Waals surface area contributed by atoms with Gasteiger partial charge in [-0.1, -0.05) is 13.8 Å². The van der Waals surface area contributed by atoms with Gasteiger partial charge < -0.3 is 10.0 Å². The van der Waals surface area contributed by atoms with Crippen molar-refractivity contribution >= 4 is 0 Å². The summed E-state index contributed by atoms with van der Waals surface area (Å²) in [7, 11) is 0. The van der Waals surface area contributed by atoms with Gasteiger partial charge in [0.1, 0.15) is 0 Å². The van der Waals surface area contributed by atoms with E-state index in [1.807, 2.05) is 6.92 Å². The predicted molar refractivity (Wildman–Crippen MR) is 60.3 cm³/mol. The summed E-state index contributed by atoms with van der Waals surface area (Å²) in [6, 6.07) is 0.523. The summed E-state index contributed by atoms with van der Waals surface area (Å²) < 4.78 is 0. The van der Waals surface area contributed by atoms with Gasteiger partial charge in [-0.25, -0.2) is 0 Å². The molecule has 1 rings (SSSR count). The molecular formula is C12H25NO. The maximum Gasteiger partial charge on any atom is 0.0526 e. The Hall–Kier alpha value is -0.0800. The Balaban J connectivity index is 2.43. The molecule has 0 radical (unpaired) electrons. The van der Waals surface area contributed by atoms with Crippen LogP contribution in [-0.4, -0.2) is 35.2 Å². The molecule has 1 N–H and O–H groups in total. The van der Waals surface area contributed by atoms with Crippen LogP contribution in [0.25, 0.3) is 0 Å². The molecule has 0 aliphatic carbocycles. The molecule has 2 unspecified atom stereocenters. The largest absolute Gasteiger partial charge is 0.393 e. The quantitative estimate of drug-likeness (QED) is 0.753. The van der Waals surface area contributed by atoms with Crippen LogP contribution in [0.3, 0.4) is 0 Å². The lowest BCUT2D eigenvalue weighted by atomic mass is 9.83. The van der Waals surface area contributed by atoms with E-state index in [1.54, 1.807) is 0 Å². The molecule has 1 aliphatic rings. The minimum Gasteiger partial charge on any atom is -0.393 e. The van der Waals surface area contributed by atoms with Crippen LogP contribution in [0.4, 0.5) is 0 Å². The topological polar surface area (TPSA) is 23.5 Å². The van der Waals surface area contributed by atoms with Gasteiger partial charge in [0, 0.05) is 12.6 Å². The van der Waals surface area contributed by atoms with E-state index in [-0.39, 0.29) is 6.10 Å². The van der Waals surface area contributed by atoms with E-state index in [9.17, 15) is 5.11 Å². The van der Waals surface area contributed by atoms with Gasteiger partial charge in [-0.05, 0) is 45.1 Å². The van der Waals surface area contributed by atoms with Crippen molar-refractivity contribution in [3.63, 3.8) is 0 Å². The van der Waals surface area contributed by atoms with Crippen LogP contribution < -0.4 is 0 Å². The van der Waals surface area contributed by atoms with E-state index < -0.39 is 0 Å². The van der Waals surface area contributed by atoms with Crippen LogP contribution in [0.5, 0.6) is 0 Å².